The van der Waals surface area contributed by atoms with E-state index in [1.54, 1.807) is 0 Å². The molecule has 62 valence electrons. The van der Waals surface area contributed by atoms with Crippen LogP contribution in [0.2, 0.25) is 0 Å². The fourth-order valence-electron chi connectivity index (χ4n) is 1.24. The normalized spacial score (nSPS) is 13.5. The number of aryl methyl sites for hydroxylation is 2. The quantitative estimate of drug-likeness (QED) is 0.670. The van der Waals surface area contributed by atoms with Gasteiger partial charge in [-0.1, -0.05) is 22.9 Å². The molecule has 1 heterocycles. The number of rotatable bonds is 2. The van der Waals surface area contributed by atoms with E-state index in [0.717, 1.165) is 6.54 Å². The SMILES string of the molecule is Cc1ccc(C)n1C[C@H](C)Br. The molecule has 0 aliphatic heterocycles. The van der Waals surface area contributed by atoms with Gasteiger partial charge in [-0.3, -0.25) is 0 Å². The molecule has 0 spiro atoms. The summed E-state index contributed by atoms with van der Waals surface area (Å²) >= 11 is 3.54. The maximum absolute atomic E-state index is 3.54. The zero-order chi connectivity index (χ0) is 8.43. The summed E-state index contributed by atoms with van der Waals surface area (Å²) in [5.74, 6) is 0. The molecule has 11 heavy (non-hydrogen) atoms. The first kappa shape index (κ1) is 8.85. The minimum Gasteiger partial charge on any atom is -0.348 e. The van der Waals surface area contributed by atoms with Gasteiger partial charge in [-0.15, -0.1) is 0 Å². The Labute approximate surface area is 76.5 Å². The average molecular weight is 216 g/mol. The summed E-state index contributed by atoms with van der Waals surface area (Å²) in [7, 11) is 0. The fraction of sp³-hybridized carbons (Fsp3) is 0.556. The van der Waals surface area contributed by atoms with Crippen LogP contribution < -0.4 is 0 Å². The van der Waals surface area contributed by atoms with Crippen LogP contribution in [0.15, 0.2) is 12.1 Å². The van der Waals surface area contributed by atoms with Crippen LogP contribution >= 0.6 is 15.9 Å². The Morgan fingerprint density at radius 1 is 1.36 bits per heavy atom. The van der Waals surface area contributed by atoms with Gasteiger partial charge in [-0.05, 0) is 26.0 Å². The Hall–Kier alpha value is -0.240. The van der Waals surface area contributed by atoms with Gasteiger partial charge in [0.25, 0.3) is 0 Å². The summed E-state index contributed by atoms with van der Waals surface area (Å²) in [5, 5.41) is 0. The van der Waals surface area contributed by atoms with Crippen molar-refractivity contribution in [3.05, 3.63) is 23.5 Å². The van der Waals surface area contributed by atoms with E-state index in [4.69, 9.17) is 0 Å². The number of aromatic nitrogens is 1. The molecule has 0 saturated carbocycles. The molecular weight excluding hydrogens is 202 g/mol. The zero-order valence-electron chi connectivity index (χ0n) is 7.26. The first-order chi connectivity index (χ1) is 5.11. The Morgan fingerprint density at radius 2 is 1.82 bits per heavy atom. The topological polar surface area (TPSA) is 4.93 Å². The van der Waals surface area contributed by atoms with Gasteiger partial charge in [0.05, 0.1) is 0 Å². The van der Waals surface area contributed by atoms with Crippen molar-refractivity contribution in [1.82, 2.24) is 4.57 Å². The van der Waals surface area contributed by atoms with Gasteiger partial charge in [0.1, 0.15) is 0 Å². The molecule has 0 aliphatic rings. The van der Waals surface area contributed by atoms with Crippen molar-refractivity contribution in [1.29, 1.82) is 0 Å². The van der Waals surface area contributed by atoms with E-state index >= 15 is 0 Å². The number of hydrogen-bond donors (Lipinski definition) is 0. The summed E-state index contributed by atoms with van der Waals surface area (Å²) in [6, 6.07) is 4.31. The lowest BCUT2D eigenvalue weighted by atomic mass is 10.4. The Balaban J connectivity index is 2.83. The minimum atomic E-state index is 0.548. The van der Waals surface area contributed by atoms with Crippen LogP contribution in [0, 0.1) is 13.8 Å². The van der Waals surface area contributed by atoms with Crippen LogP contribution in [0.25, 0.3) is 0 Å². The number of hydrogen-bond acceptors (Lipinski definition) is 0. The maximum Gasteiger partial charge on any atom is 0.0347 e. The largest absolute Gasteiger partial charge is 0.348 e. The summed E-state index contributed by atoms with van der Waals surface area (Å²) in [5.41, 5.74) is 2.68. The van der Waals surface area contributed by atoms with Crippen LogP contribution in [0.1, 0.15) is 18.3 Å². The molecule has 0 amide bonds. The van der Waals surface area contributed by atoms with Crippen LogP contribution in [0.5, 0.6) is 0 Å². The van der Waals surface area contributed by atoms with Crippen LogP contribution in [-0.4, -0.2) is 9.39 Å². The van der Waals surface area contributed by atoms with Gasteiger partial charge in [-0.2, -0.15) is 0 Å². The first-order valence-electron chi connectivity index (χ1n) is 3.88. The monoisotopic (exact) mass is 215 g/mol. The smallest absolute Gasteiger partial charge is 0.0347 e. The van der Waals surface area contributed by atoms with Gasteiger partial charge >= 0.3 is 0 Å². The zero-order valence-corrected chi connectivity index (χ0v) is 8.85. The molecule has 0 unspecified atom stereocenters. The molecule has 1 nitrogen and oxygen atoms in total. The highest BCUT2D eigenvalue weighted by Gasteiger charge is 2.02. The second-order valence-corrected chi connectivity index (χ2v) is 4.57. The number of alkyl halides is 1. The standard InChI is InChI=1S/C9H14BrN/c1-7(10)6-11-8(2)4-5-9(11)3/h4-5,7H,6H2,1-3H3/t7-/m0/s1. The van der Waals surface area contributed by atoms with E-state index in [2.05, 4.69) is 53.4 Å². The van der Waals surface area contributed by atoms with Crippen molar-refractivity contribution >= 4 is 15.9 Å². The molecule has 0 N–H and O–H groups in total. The predicted octanol–water partition coefficient (Wildman–Crippen LogP) is 2.89. The summed E-state index contributed by atoms with van der Waals surface area (Å²) in [4.78, 5) is 0.548. The van der Waals surface area contributed by atoms with Crippen molar-refractivity contribution in [3.63, 3.8) is 0 Å². The van der Waals surface area contributed by atoms with E-state index in [9.17, 15) is 0 Å². The van der Waals surface area contributed by atoms with Crippen LogP contribution in [0.3, 0.4) is 0 Å². The molecule has 1 atom stereocenters. The third-order valence-electron chi connectivity index (χ3n) is 1.85. The highest BCUT2D eigenvalue weighted by molar-refractivity contribution is 9.09. The molecule has 0 saturated heterocycles. The Morgan fingerprint density at radius 3 is 2.18 bits per heavy atom. The fourth-order valence-corrected chi connectivity index (χ4v) is 1.53. The molecule has 0 aromatic carbocycles. The van der Waals surface area contributed by atoms with E-state index in [1.165, 1.54) is 11.4 Å². The lowest BCUT2D eigenvalue weighted by Crippen LogP contribution is -2.08. The molecule has 0 bridgehead atoms. The minimum absolute atomic E-state index is 0.548. The molecule has 0 radical (unpaired) electrons. The van der Waals surface area contributed by atoms with Gasteiger partial charge in [0.15, 0.2) is 0 Å². The number of halogens is 1. The van der Waals surface area contributed by atoms with Crippen molar-refractivity contribution < 1.29 is 0 Å². The van der Waals surface area contributed by atoms with Gasteiger partial charge in [0, 0.05) is 22.8 Å². The number of nitrogens with zero attached hydrogens (tertiary/aromatic N) is 1. The van der Waals surface area contributed by atoms with Crippen molar-refractivity contribution in [2.24, 2.45) is 0 Å². The third-order valence-corrected chi connectivity index (χ3v) is 2.14. The Kier molecular flexibility index (Phi) is 2.77. The van der Waals surface area contributed by atoms with E-state index in [-0.39, 0.29) is 0 Å². The lowest BCUT2D eigenvalue weighted by molar-refractivity contribution is 0.666. The molecule has 1 aromatic rings. The Bertz CT molecular complexity index is 218. The molecule has 2 heteroatoms. The maximum atomic E-state index is 3.54. The summed E-state index contributed by atoms with van der Waals surface area (Å²) in [6.07, 6.45) is 0. The molecule has 1 rings (SSSR count). The van der Waals surface area contributed by atoms with E-state index in [0.29, 0.717) is 4.83 Å². The molecular formula is C9H14BrN. The molecule has 0 fully saturated rings. The van der Waals surface area contributed by atoms with Crippen molar-refractivity contribution in [3.8, 4) is 0 Å². The average Bonchev–Trinajstić information content (AvgIpc) is 2.18. The second kappa shape index (κ2) is 3.44. The highest BCUT2D eigenvalue weighted by atomic mass is 79.9. The summed E-state index contributed by atoms with van der Waals surface area (Å²) in [6.45, 7) is 7.51. The first-order valence-corrected chi connectivity index (χ1v) is 4.79. The van der Waals surface area contributed by atoms with Crippen molar-refractivity contribution in [2.75, 3.05) is 0 Å². The second-order valence-electron chi connectivity index (χ2n) is 3.01. The van der Waals surface area contributed by atoms with Gasteiger partial charge in [-0.25, -0.2) is 0 Å². The van der Waals surface area contributed by atoms with Crippen molar-refractivity contribution in [2.45, 2.75) is 32.1 Å². The van der Waals surface area contributed by atoms with E-state index in [1.807, 2.05) is 0 Å². The lowest BCUT2D eigenvalue weighted by Gasteiger charge is -2.10. The van der Waals surface area contributed by atoms with Gasteiger partial charge < -0.3 is 4.57 Å². The highest BCUT2D eigenvalue weighted by Crippen LogP contribution is 2.10. The third kappa shape index (κ3) is 2.09. The van der Waals surface area contributed by atoms with Crippen LogP contribution in [0.4, 0.5) is 0 Å². The van der Waals surface area contributed by atoms with Gasteiger partial charge in [0.2, 0.25) is 0 Å². The predicted molar refractivity (Wildman–Crippen MR) is 52.3 cm³/mol. The molecule has 1 aromatic heterocycles. The van der Waals surface area contributed by atoms with E-state index < -0.39 is 0 Å². The van der Waals surface area contributed by atoms with Crippen LogP contribution in [-0.2, 0) is 6.54 Å². The summed E-state index contributed by atoms with van der Waals surface area (Å²) < 4.78 is 2.32. The molecule has 0 aliphatic carbocycles.